The van der Waals surface area contributed by atoms with Gasteiger partial charge in [0.2, 0.25) is 0 Å². The molecular weight excluding hydrogens is 360 g/mol. The number of hydrogen-bond acceptors (Lipinski definition) is 4. The largest absolute Gasteiger partial charge is 0.366 e. The zero-order valence-electron chi connectivity index (χ0n) is 16.2. The van der Waals surface area contributed by atoms with E-state index in [1.54, 1.807) is 6.20 Å². The van der Waals surface area contributed by atoms with Crippen LogP contribution in [0.2, 0.25) is 0 Å². The maximum atomic E-state index is 13.3. The molecular formula is C24H22N4O. The average molecular weight is 382 g/mol. The van der Waals surface area contributed by atoms with E-state index in [1.165, 1.54) is 4.68 Å². The maximum Gasteiger partial charge on any atom is 0.280 e. The van der Waals surface area contributed by atoms with E-state index >= 15 is 0 Å². The van der Waals surface area contributed by atoms with Crippen LogP contribution in [-0.4, -0.2) is 20.7 Å². The van der Waals surface area contributed by atoms with Gasteiger partial charge in [-0.25, -0.2) is 0 Å². The highest BCUT2D eigenvalue weighted by Crippen LogP contribution is 2.23. The van der Waals surface area contributed by atoms with Crippen molar-refractivity contribution in [2.24, 2.45) is 0 Å². The van der Waals surface area contributed by atoms with E-state index in [1.807, 2.05) is 85.8 Å². The summed E-state index contributed by atoms with van der Waals surface area (Å²) in [5.41, 5.74) is 4.17. The molecule has 5 heteroatoms. The van der Waals surface area contributed by atoms with Crippen molar-refractivity contribution in [3.8, 4) is 11.4 Å². The number of hydrogen-bond donors (Lipinski definition) is 1. The Morgan fingerprint density at radius 1 is 0.931 bits per heavy atom. The molecule has 5 nitrogen and oxygen atoms in total. The standard InChI is InChI=1S/C24H22N4O/c1-2-19-12-6-7-13-20(19)24(29)28-23(26-17-18-10-4-3-5-11-18)16-22(27-28)21-14-8-9-15-25-21/h3-16,26H,2,17H2,1H3. The summed E-state index contributed by atoms with van der Waals surface area (Å²) in [6.45, 7) is 2.64. The first-order valence-electron chi connectivity index (χ1n) is 9.68. The van der Waals surface area contributed by atoms with Crippen LogP contribution in [0.1, 0.15) is 28.4 Å². The van der Waals surface area contributed by atoms with Crippen molar-refractivity contribution < 1.29 is 4.79 Å². The van der Waals surface area contributed by atoms with E-state index in [0.717, 1.165) is 23.2 Å². The highest BCUT2D eigenvalue weighted by molar-refractivity contribution is 5.99. The van der Waals surface area contributed by atoms with E-state index < -0.39 is 0 Å². The molecule has 2 aromatic heterocycles. The van der Waals surface area contributed by atoms with E-state index in [2.05, 4.69) is 15.4 Å². The molecule has 4 aromatic rings. The molecule has 0 spiro atoms. The van der Waals surface area contributed by atoms with E-state index in [0.29, 0.717) is 23.6 Å². The molecule has 0 saturated carbocycles. The number of carbonyl (C=O) groups is 1. The predicted octanol–water partition coefficient (Wildman–Crippen LogP) is 4.81. The smallest absolute Gasteiger partial charge is 0.280 e. The van der Waals surface area contributed by atoms with E-state index in [9.17, 15) is 4.79 Å². The highest BCUT2D eigenvalue weighted by atomic mass is 16.2. The summed E-state index contributed by atoms with van der Waals surface area (Å²) in [6, 6.07) is 25.3. The first-order valence-corrected chi connectivity index (χ1v) is 9.68. The van der Waals surface area contributed by atoms with Gasteiger partial charge in [-0.05, 0) is 35.7 Å². The fraction of sp³-hybridized carbons (Fsp3) is 0.125. The second-order valence-electron chi connectivity index (χ2n) is 6.70. The van der Waals surface area contributed by atoms with Crippen molar-refractivity contribution in [2.45, 2.75) is 19.9 Å². The fourth-order valence-electron chi connectivity index (χ4n) is 3.24. The van der Waals surface area contributed by atoms with Crippen molar-refractivity contribution in [3.05, 3.63) is 102 Å². The minimum absolute atomic E-state index is 0.153. The van der Waals surface area contributed by atoms with Crippen molar-refractivity contribution in [3.63, 3.8) is 0 Å². The van der Waals surface area contributed by atoms with Crippen LogP contribution in [0.3, 0.4) is 0 Å². The van der Waals surface area contributed by atoms with Crippen LogP contribution in [0.15, 0.2) is 85.1 Å². The van der Waals surface area contributed by atoms with Gasteiger partial charge < -0.3 is 5.32 Å². The lowest BCUT2D eigenvalue weighted by atomic mass is 10.1. The lowest BCUT2D eigenvalue weighted by Crippen LogP contribution is -2.18. The van der Waals surface area contributed by atoms with Gasteiger partial charge >= 0.3 is 0 Å². The summed E-state index contributed by atoms with van der Waals surface area (Å²) in [6.07, 6.45) is 2.50. The Hall–Kier alpha value is -3.73. The lowest BCUT2D eigenvalue weighted by Gasteiger charge is -2.11. The second-order valence-corrected chi connectivity index (χ2v) is 6.70. The monoisotopic (exact) mass is 382 g/mol. The molecule has 0 bridgehead atoms. The Labute approximate surface area is 170 Å². The third-order valence-electron chi connectivity index (χ3n) is 4.77. The zero-order chi connectivity index (χ0) is 20.1. The van der Waals surface area contributed by atoms with Gasteiger partial charge in [0.1, 0.15) is 11.5 Å². The normalized spacial score (nSPS) is 10.7. The molecule has 0 aliphatic carbocycles. The third kappa shape index (κ3) is 4.09. The van der Waals surface area contributed by atoms with Gasteiger partial charge in [-0.1, -0.05) is 61.5 Å². The summed E-state index contributed by atoms with van der Waals surface area (Å²) in [5, 5.41) is 7.95. The highest BCUT2D eigenvalue weighted by Gasteiger charge is 2.19. The van der Waals surface area contributed by atoms with Crippen LogP contribution in [0.4, 0.5) is 5.82 Å². The van der Waals surface area contributed by atoms with Crippen LogP contribution in [0, 0.1) is 0 Å². The summed E-state index contributed by atoms with van der Waals surface area (Å²) in [5.74, 6) is 0.491. The van der Waals surface area contributed by atoms with Gasteiger partial charge in [-0.2, -0.15) is 9.78 Å². The first-order chi connectivity index (χ1) is 14.3. The number of nitrogens with zero attached hydrogens (tertiary/aromatic N) is 3. The molecule has 4 rings (SSSR count). The quantitative estimate of drug-likeness (QED) is 0.520. The SMILES string of the molecule is CCc1ccccc1C(=O)n1nc(-c2ccccn2)cc1NCc1ccccc1. The van der Waals surface area contributed by atoms with Crippen molar-refractivity contribution in [1.82, 2.24) is 14.8 Å². The molecule has 0 aliphatic rings. The molecule has 0 radical (unpaired) electrons. The number of aryl methyl sites for hydroxylation is 1. The number of nitrogens with one attached hydrogen (secondary N) is 1. The van der Waals surface area contributed by atoms with Crippen molar-refractivity contribution >= 4 is 11.7 Å². The topological polar surface area (TPSA) is 59.8 Å². The Balaban J connectivity index is 1.72. The van der Waals surface area contributed by atoms with Gasteiger partial charge in [-0.3, -0.25) is 9.78 Å². The van der Waals surface area contributed by atoms with E-state index in [4.69, 9.17) is 0 Å². The fourth-order valence-corrected chi connectivity index (χ4v) is 3.24. The van der Waals surface area contributed by atoms with E-state index in [-0.39, 0.29) is 5.91 Å². The number of pyridine rings is 1. The number of benzene rings is 2. The maximum absolute atomic E-state index is 13.3. The zero-order valence-corrected chi connectivity index (χ0v) is 16.2. The summed E-state index contributed by atoms with van der Waals surface area (Å²) in [4.78, 5) is 17.7. The van der Waals surface area contributed by atoms with Gasteiger partial charge in [0.15, 0.2) is 0 Å². The summed E-state index contributed by atoms with van der Waals surface area (Å²) >= 11 is 0. The molecule has 29 heavy (non-hydrogen) atoms. The molecule has 0 atom stereocenters. The molecule has 0 saturated heterocycles. The van der Waals surface area contributed by atoms with Crippen LogP contribution in [0.5, 0.6) is 0 Å². The molecule has 144 valence electrons. The molecule has 1 N–H and O–H groups in total. The molecule has 0 aliphatic heterocycles. The van der Waals surface area contributed by atoms with Crippen LogP contribution < -0.4 is 5.32 Å². The summed E-state index contributed by atoms with van der Waals surface area (Å²) in [7, 11) is 0. The minimum atomic E-state index is -0.153. The molecule has 2 heterocycles. The molecule has 0 unspecified atom stereocenters. The van der Waals surface area contributed by atoms with Gasteiger partial charge in [0, 0.05) is 24.4 Å². The van der Waals surface area contributed by atoms with Crippen molar-refractivity contribution in [1.29, 1.82) is 0 Å². The van der Waals surface area contributed by atoms with Crippen LogP contribution in [0.25, 0.3) is 11.4 Å². The summed E-state index contributed by atoms with van der Waals surface area (Å²) < 4.78 is 1.45. The van der Waals surface area contributed by atoms with Crippen LogP contribution in [-0.2, 0) is 13.0 Å². The minimum Gasteiger partial charge on any atom is -0.366 e. The third-order valence-corrected chi connectivity index (χ3v) is 4.77. The number of anilines is 1. The Bertz CT molecular complexity index is 1100. The lowest BCUT2D eigenvalue weighted by molar-refractivity contribution is 0.0947. The number of carbonyl (C=O) groups excluding carboxylic acids is 1. The second kappa shape index (κ2) is 8.52. The molecule has 0 amide bonds. The Kier molecular flexibility index (Phi) is 5.47. The molecule has 0 fully saturated rings. The number of rotatable bonds is 6. The molecule has 2 aromatic carbocycles. The first kappa shape index (κ1) is 18.6. The average Bonchev–Trinajstić information content (AvgIpc) is 3.23. The van der Waals surface area contributed by atoms with Gasteiger partial charge in [0.05, 0.1) is 5.69 Å². The number of aromatic nitrogens is 3. The van der Waals surface area contributed by atoms with Crippen LogP contribution >= 0.6 is 0 Å². The predicted molar refractivity (Wildman–Crippen MR) is 115 cm³/mol. The van der Waals surface area contributed by atoms with Gasteiger partial charge in [-0.15, -0.1) is 0 Å². The van der Waals surface area contributed by atoms with Gasteiger partial charge in [0.25, 0.3) is 5.91 Å². The Morgan fingerprint density at radius 2 is 1.69 bits per heavy atom. The Morgan fingerprint density at radius 3 is 2.45 bits per heavy atom. The van der Waals surface area contributed by atoms with Crippen molar-refractivity contribution in [2.75, 3.05) is 5.32 Å².